The monoisotopic (exact) mass is 155 g/mol. The molecule has 0 fully saturated rings. The van der Waals surface area contributed by atoms with E-state index in [-0.39, 0.29) is 0 Å². The van der Waals surface area contributed by atoms with Crippen LogP contribution in [0.25, 0.3) is 0 Å². The van der Waals surface area contributed by atoms with Crippen molar-refractivity contribution in [3.05, 3.63) is 23.9 Å². The molecule has 0 spiro atoms. The molecule has 0 aliphatic carbocycles. The van der Waals surface area contributed by atoms with Gasteiger partial charge < -0.3 is 0 Å². The Kier molecular flexibility index (Phi) is 2.57. The predicted octanol–water partition coefficient (Wildman–Crippen LogP) is 0.946. The average Bonchev–Trinajstić information content (AvgIpc) is 1.94. The SMILES string of the molecule is CSCc1ccc[nH+]c1N. The summed E-state index contributed by atoms with van der Waals surface area (Å²) in [6.07, 6.45) is 3.89. The summed E-state index contributed by atoms with van der Waals surface area (Å²) in [5.41, 5.74) is 6.81. The van der Waals surface area contributed by atoms with Crippen LogP contribution < -0.4 is 10.7 Å². The first kappa shape index (κ1) is 7.41. The highest BCUT2D eigenvalue weighted by molar-refractivity contribution is 7.97. The number of rotatable bonds is 2. The third-order valence-corrected chi connectivity index (χ3v) is 1.88. The van der Waals surface area contributed by atoms with E-state index in [0.29, 0.717) is 0 Å². The number of nitrogens with two attached hydrogens (primary N) is 1. The van der Waals surface area contributed by atoms with Gasteiger partial charge in [-0.15, -0.1) is 0 Å². The minimum Gasteiger partial charge on any atom is -0.287 e. The number of hydrogen-bond donors (Lipinski definition) is 1. The van der Waals surface area contributed by atoms with Crippen LogP contribution in [0.15, 0.2) is 18.3 Å². The van der Waals surface area contributed by atoms with E-state index < -0.39 is 0 Å². The number of anilines is 1. The van der Waals surface area contributed by atoms with Crippen LogP contribution in [0.2, 0.25) is 0 Å². The summed E-state index contributed by atoms with van der Waals surface area (Å²) in [5.74, 6) is 1.75. The number of nitrogen functional groups attached to an aromatic ring is 1. The van der Waals surface area contributed by atoms with Crippen molar-refractivity contribution in [3.8, 4) is 0 Å². The number of hydrogen-bond acceptors (Lipinski definition) is 2. The Morgan fingerprint density at radius 1 is 1.70 bits per heavy atom. The Labute approximate surface area is 64.8 Å². The van der Waals surface area contributed by atoms with Gasteiger partial charge in [-0.2, -0.15) is 11.8 Å². The Morgan fingerprint density at radius 3 is 3.10 bits per heavy atom. The topological polar surface area (TPSA) is 40.2 Å². The molecule has 0 saturated carbocycles. The lowest BCUT2D eigenvalue weighted by atomic mass is 10.3. The van der Waals surface area contributed by atoms with Gasteiger partial charge >= 0.3 is 0 Å². The molecule has 0 saturated heterocycles. The number of H-pyrrole nitrogens is 1. The van der Waals surface area contributed by atoms with Gasteiger partial charge in [0.15, 0.2) is 0 Å². The van der Waals surface area contributed by atoms with E-state index in [0.717, 1.165) is 11.6 Å². The Morgan fingerprint density at radius 2 is 2.50 bits per heavy atom. The highest BCUT2D eigenvalue weighted by Gasteiger charge is 2.00. The molecule has 0 unspecified atom stereocenters. The lowest BCUT2D eigenvalue weighted by Crippen LogP contribution is -2.11. The van der Waals surface area contributed by atoms with Crippen LogP contribution in [-0.2, 0) is 5.75 Å². The van der Waals surface area contributed by atoms with Crippen LogP contribution in [0.1, 0.15) is 5.56 Å². The lowest BCUT2D eigenvalue weighted by molar-refractivity contribution is -0.360. The van der Waals surface area contributed by atoms with Gasteiger partial charge in [0.2, 0.25) is 0 Å². The summed E-state index contributed by atoms with van der Waals surface area (Å²) in [4.78, 5) is 2.95. The Hall–Kier alpha value is -0.700. The summed E-state index contributed by atoms with van der Waals surface area (Å²) in [6.45, 7) is 0. The van der Waals surface area contributed by atoms with Crippen LogP contribution in [0.5, 0.6) is 0 Å². The first-order chi connectivity index (χ1) is 4.84. The van der Waals surface area contributed by atoms with Gasteiger partial charge in [0.25, 0.3) is 5.82 Å². The molecule has 54 valence electrons. The van der Waals surface area contributed by atoms with Gasteiger partial charge in [-0.25, -0.2) is 4.98 Å². The predicted molar refractivity (Wildman–Crippen MR) is 44.6 cm³/mol. The number of pyridine rings is 1. The molecule has 3 heteroatoms. The van der Waals surface area contributed by atoms with E-state index in [1.54, 1.807) is 11.8 Å². The Balaban J connectivity index is 2.81. The zero-order valence-corrected chi connectivity index (χ0v) is 6.74. The quantitative estimate of drug-likeness (QED) is 0.690. The molecule has 3 N–H and O–H groups in total. The smallest absolute Gasteiger partial charge is 0.274 e. The van der Waals surface area contributed by atoms with Gasteiger partial charge in [0.05, 0.1) is 11.8 Å². The fourth-order valence-corrected chi connectivity index (χ4v) is 1.33. The molecule has 10 heavy (non-hydrogen) atoms. The average molecular weight is 155 g/mol. The standard InChI is InChI=1S/C7H10N2S/c1-10-5-6-3-2-4-9-7(6)8/h2-4H,5H2,1H3,(H2,8,9)/p+1. The Bertz CT molecular complexity index is 213. The fourth-order valence-electron chi connectivity index (χ4n) is 0.766. The largest absolute Gasteiger partial charge is 0.287 e. The minimum absolute atomic E-state index is 0.775. The highest BCUT2D eigenvalue weighted by Crippen LogP contribution is 2.10. The number of aromatic nitrogens is 1. The van der Waals surface area contributed by atoms with Crippen LogP contribution in [-0.4, -0.2) is 6.26 Å². The summed E-state index contributed by atoms with van der Waals surface area (Å²) in [5, 5.41) is 0. The van der Waals surface area contributed by atoms with Crippen LogP contribution >= 0.6 is 11.8 Å². The van der Waals surface area contributed by atoms with Crippen LogP contribution in [0.3, 0.4) is 0 Å². The number of nitrogens with one attached hydrogen (secondary N) is 1. The van der Waals surface area contributed by atoms with Gasteiger partial charge in [-0.1, -0.05) is 0 Å². The van der Waals surface area contributed by atoms with E-state index in [1.165, 1.54) is 5.56 Å². The maximum absolute atomic E-state index is 5.64. The second-order valence-corrected chi connectivity index (χ2v) is 2.91. The lowest BCUT2D eigenvalue weighted by Gasteiger charge is -1.95. The van der Waals surface area contributed by atoms with Gasteiger partial charge in [-0.05, 0) is 18.4 Å². The maximum atomic E-state index is 5.64. The van der Waals surface area contributed by atoms with E-state index in [9.17, 15) is 0 Å². The molecule has 0 atom stereocenters. The third kappa shape index (κ3) is 1.64. The zero-order chi connectivity index (χ0) is 7.40. The van der Waals surface area contributed by atoms with Crippen molar-refractivity contribution in [2.24, 2.45) is 0 Å². The molecule has 0 amide bonds. The van der Waals surface area contributed by atoms with Crippen molar-refractivity contribution in [2.75, 3.05) is 12.0 Å². The van der Waals surface area contributed by atoms with Crippen molar-refractivity contribution < 1.29 is 4.98 Å². The van der Waals surface area contributed by atoms with Crippen LogP contribution in [0, 0.1) is 0 Å². The van der Waals surface area contributed by atoms with E-state index in [4.69, 9.17) is 5.73 Å². The second-order valence-electron chi connectivity index (χ2n) is 2.04. The molecule has 1 aromatic rings. The summed E-state index contributed by atoms with van der Waals surface area (Å²) in [7, 11) is 0. The second kappa shape index (κ2) is 3.46. The summed E-state index contributed by atoms with van der Waals surface area (Å²) < 4.78 is 0. The molecule has 0 aliphatic rings. The number of thioether (sulfide) groups is 1. The molecule has 0 aromatic carbocycles. The normalized spacial score (nSPS) is 9.70. The van der Waals surface area contributed by atoms with Gasteiger partial charge in [0, 0.05) is 5.75 Å². The fraction of sp³-hybridized carbons (Fsp3) is 0.286. The minimum atomic E-state index is 0.775. The van der Waals surface area contributed by atoms with E-state index in [2.05, 4.69) is 11.2 Å². The number of aromatic amines is 1. The first-order valence-electron chi connectivity index (χ1n) is 3.08. The highest BCUT2D eigenvalue weighted by atomic mass is 32.2. The van der Waals surface area contributed by atoms with Crippen molar-refractivity contribution in [2.45, 2.75) is 5.75 Å². The molecule has 0 bridgehead atoms. The van der Waals surface area contributed by atoms with Crippen molar-refractivity contribution in [3.63, 3.8) is 0 Å². The zero-order valence-electron chi connectivity index (χ0n) is 5.92. The molecule has 0 radical (unpaired) electrons. The van der Waals surface area contributed by atoms with Crippen molar-refractivity contribution >= 4 is 17.6 Å². The van der Waals surface area contributed by atoms with Crippen LogP contribution in [0.4, 0.5) is 5.82 Å². The molecular weight excluding hydrogens is 144 g/mol. The molecule has 2 nitrogen and oxygen atoms in total. The van der Waals surface area contributed by atoms with E-state index >= 15 is 0 Å². The molecule has 1 aromatic heterocycles. The van der Waals surface area contributed by atoms with Crippen molar-refractivity contribution in [1.29, 1.82) is 0 Å². The van der Waals surface area contributed by atoms with E-state index in [1.807, 2.05) is 18.3 Å². The molecular formula is C7H11N2S+. The first-order valence-corrected chi connectivity index (χ1v) is 4.48. The van der Waals surface area contributed by atoms with Gasteiger partial charge in [0.1, 0.15) is 0 Å². The molecule has 1 rings (SSSR count). The summed E-state index contributed by atoms with van der Waals surface area (Å²) in [6, 6.07) is 3.99. The van der Waals surface area contributed by atoms with Crippen molar-refractivity contribution in [1.82, 2.24) is 0 Å². The van der Waals surface area contributed by atoms with Gasteiger partial charge in [-0.3, -0.25) is 5.73 Å². The third-order valence-electron chi connectivity index (χ3n) is 1.28. The maximum Gasteiger partial charge on any atom is 0.274 e. The summed E-state index contributed by atoms with van der Waals surface area (Å²) >= 11 is 1.77. The molecule has 0 aliphatic heterocycles. The molecule has 1 heterocycles.